The average molecular weight is 251 g/mol. The van der Waals surface area contributed by atoms with Gasteiger partial charge in [-0.05, 0) is 37.4 Å². The monoisotopic (exact) mass is 251 g/mol. The van der Waals surface area contributed by atoms with Crippen LogP contribution in [0.15, 0.2) is 24.3 Å². The van der Waals surface area contributed by atoms with E-state index in [2.05, 4.69) is 6.92 Å². The maximum Gasteiger partial charge on any atom is 0.165 e. The molecule has 1 atom stereocenters. The molecule has 1 aromatic rings. The second-order valence-electron chi connectivity index (χ2n) is 4.67. The first kappa shape index (κ1) is 14.8. The summed E-state index contributed by atoms with van der Waals surface area (Å²) < 4.78 is 13.4. The molecule has 0 fully saturated rings. The maximum absolute atomic E-state index is 13.4. The Kier molecular flexibility index (Phi) is 6.58. The molecule has 2 N–H and O–H groups in total. The van der Waals surface area contributed by atoms with Crippen LogP contribution >= 0.6 is 0 Å². The number of nitrogens with two attached hydrogens (primary N) is 1. The molecule has 1 aromatic carbocycles. The Morgan fingerprint density at radius 3 is 2.61 bits per heavy atom. The normalized spacial score (nSPS) is 12.4. The van der Waals surface area contributed by atoms with Crippen LogP contribution in [0.1, 0.15) is 49.4 Å². The van der Waals surface area contributed by atoms with Gasteiger partial charge in [-0.15, -0.1) is 0 Å². The van der Waals surface area contributed by atoms with Gasteiger partial charge in [0.15, 0.2) is 5.78 Å². The summed E-state index contributed by atoms with van der Waals surface area (Å²) in [5.41, 5.74) is 5.77. The van der Waals surface area contributed by atoms with Crippen LogP contribution in [0.2, 0.25) is 0 Å². The number of hydrogen-bond donors (Lipinski definition) is 1. The van der Waals surface area contributed by atoms with Crippen molar-refractivity contribution in [3.8, 4) is 0 Å². The van der Waals surface area contributed by atoms with Gasteiger partial charge in [-0.25, -0.2) is 4.39 Å². The SMILES string of the molecule is CCCC(CCN)CCC(=O)c1ccccc1F. The molecule has 2 nitrogen and oxygen atoms in total. The number of rotatable bonds is 8. The highest BCUT2D eigenvalue weighted by atomic mass is 19.1. The number of Topliss-reactive ketones (excluding diaryl/α,β-unsaturated/α-hetero) is 1. The lowest BCUT2D eigenvalue weighted by Gasteiger charge is -2.14. The molecule has 0 aliphatic rings. The molecule has 0 radical (unpaired) electrons. The zero-order valence-electron chi connectivity index (χ0n) is 11.0. The Morgan fingerprint density at radius 2 is 2.00 bits per heavy atom. The van der Waals surface area contributed by atoms with E-state index in [0.717, 1.165) is 25.7 Å². The molecule has 0 amide bonds. The lowest BCUT2D eigenvalue weighted by Crippen LogP contribution is -2.11. The van der Waals surface area contributed by atoms with Crippen LogP contribution in [0.5, 0.6) is 0 Å². The van der Waals surface area contributed by atoms with Crippen molar-refractivity contribution in [3.63, 3.8) is 0 Å². The minimum absolute atomic E-state index is 0.105. The zero-order chi connectivity index (χ0) is 13.4. The van der Waals surface area contributed by atoms with E-state index in [-0.39, 0.29) is 11.3 Å². The third kappa shape index (κ3) is 4.57. The molecular weight excluding hydrogens is 229 g/mol. The molecular formula is C15H22FNO. The van der Waals surface area contributed by atoms with Gasteiger partial charge in [0.25, 0.3) is 0 Å². The Morgan fingerprint density at radius 1 is 1.28 bits per heavy atom. The van der Waals surface area contributed by atoms with Crippen LogP contribution in [-0.2, 0) is 0 Å². The standard InChI is InChI=1S/C15H22FNO/c1-2-5-12(10-11-17)8-9-15(18)13-6-3-4-7-14(13)16/h3-4,6-7,12H,2,5,8-11,17H2,1H3. The van der Waals surface area contributed by atoms with Crippen molar-refractivity contribution in [2.45, 2.75) is 39.0 Å². The summed E-state index contributed by atoms with van der Waals surface area (Å²) in [5, 5.41) is 0. The van der Waals surface area contributed by atoms with Crippen molar-refractivity contribution in [1.29, 1.82) is 0 Å². The van der Waals surface area contributed by atoms with Gasteiger partial charge < -0.3 is 5.73 Å². The van der Waals surface area contributed by atoms with E-state index in [1.807, 2.05) is 0 Å². The van der Waals surface area contributed by atoms with Gasteiger partial charge in [0.1, 0.15) is 5.82 Å². The molecule has 0 aromatic heterocycles. The summed E-state index contributed by atoms with van der Waals surface area (Å²) in [6, 6.07) is 6.17. The van der Waals surface area contributed by atoms with Gasteiger partial charge in [-0.3, -0.25) is 4.79 Å². The molecule has 0 spiro atoms. The third-order valence-electron chi connectivity index (χ3n) is 3.23. The number of hydrogen-bond acceptors (Lipinski definition) is 2. The smallest absolute Gasteiger partial charge is 0.165 e. The fourth-order valence-electron chi connectivity index (χ4n) is 2.23. The first-order valence-electron chi connectivity index (χ1n) is 6.66. The van der Waals surface area contributed by atoms with Gasteiger partial charge in [-0.1, -0.05) is 31.9 Å². The molecule has 0 saturated carbocycles. The van der Waals surface area contributed by atoms with Crippen LogP contribution in [0, 0.1) is 11.7 Å². The molecule has 0 aliphatic carbocycles. The Bertz CT molecular complexity index is 373. The van der Waals surface area contributed by atoms with Crippen molar-refractivity contribution in [3.05, 3.63) is 35.6 Å². The summed E-state index contributed by atoms with van der Waals surface area (Å²) in [7, 11) is 0. The van der Waals surface area contributed by atoms with E-state index in [4.69, 9.17) is 5.73 Å². The van der Waals surface area contributed by atoms with Crippen LogP contribution in [0.25, 0.3) is 0 Å². The Balaban J connectivity index is 2.52. The Labute approximate surface area is 108 Å². The molecule has 100 valence electrons. The highest BCUT2D eigenvalue weighted by Crippen LogP contribution is 2.19. The first-order valence-corrected chi connectivity index (χ1v) is 6.66. The summed E-state index contributed by atoms with van der Waals surface area (Å²) >= 11 is 0. The van der Waals surface area contributed by atoms with Gasteiger partial charge in [0.05, 0.1) is 5.56 Å². The quantitative estimate of drug-likeness (QED) is 0.718. The minimum atomic E-state index is -0.423. The van der Waals surface area contributed by atoms with Crippen molar-refractivity contribution in [2.24, 2.45) is 11.7 Å². The number of benzene rings is 1. The lowest BCUT2D eigenvalue weighted by molar-refractivity contribution is 0.0968. The molecule has 3 heteroatoms. The summed E-state index contributed by atoms with van der Waals surface area (Å²) in [5.74, 6) is -0.0460. The van der Waals surface area contributed by atoms with Crippen molar-refractivity contribution in [2.75, 3.05) is 6.54 Å². The van der Waals surface area contributed by atoms with Crippen molar-refractivity contribution in [1.82, 2.24) is 0 Å². The van der Waals surface area contributed by atoms with Gasteiger partial charge in [0, 0.05) is 6.42 Å². The van der Waals surface area contributed by atoms with Crippen LogP contribution in [0.4, 0.5) is 4.39 Å². The summed E-state index contributed by atoms with van der Waals surface area (Å²) in [6.45, 7) is 2.78. The molecule has 1 unspecified atom stereocenters. The third-order valence-corrected chi connectivity index (χ3v) is 3.23. The van der Waals surface area contributed by atoms with Crippen molar-refractivity contribution >= 4 is 5.78 Å². The van der Waals surface area contributed by atoms with Crippen LogP contribution in [-0.4, -0.2) is 12.3 Å². The second kappa shape index (κ2) is 7.98. The van der Waals surface area contributed by atoms with E-state index in [0.29, 0.717) is 18.9 Å². The average Bonchev–Trinajstić information content (AvgIpc) is 2.36. The molecule has 0 saturated heterocycles. The highest BCUT2D eigenvalue weighted by Gasteiger charge is 2.14. The second-order valence-corrected chi connectivity index (χ2v) is 4.67. The van der Waals surface area contributed by atoms with E-state index < -0.39 is 5.82 Å². The molecule has 0 aliphatic heterocycles. The van der Waals surface area contributed by atoms with E-state index in [1.54, 1.807) is 18.2 Å². The predicted molar refractivity (Wildman–Crippen MR) is 72.0 cm³/mol. The van der Waals surface area contributed by atoms with E-state index in [9.17, 15) is 9.18 Å². The predicted octanol–water partition coefficient (Wildman–Crippen LogP) is 3.55. The van der Waals surface area contributed by atoms with Crippen molar-refractivity contribution < 1.29 is 9.18 Å². The van der Waals surface area contributed by atoms with Gasteiger partial charge >= 0.3 is 0 Å². The number of halogens is 1. The fraction of sp³-hybridized carbons (Fsp3) is 0.533. The topological polar surface area (TPSA) is 43.1 Å². The largest absolute Gasteiger partial charge is 0.330 e. The van der Waals surface area contributed by atoms with Crippen LogP contribution < -0.4 is 5.73 Å². The van der Waals surface area contributed by atoms with E-state index >= 15 is 0 Å². The minimum Gasteiger partial charge on any atom is -0.330 e. The number of carbonyl (C=O) groups is 1. The zero-order valence-corrected chi connectivity index (χ0v) is 11.0. The summed E-state index contributed by atoms with van der Waals surface area (Å²) in [6.07, 6.45) is 4.34. The highest BCUT2D eigenvalue weighted by molar-refractivity contribution is 5.96. The van der Waals surface area contributed by atoms with Gasteiger partial charge in [0.2, 0.25) is 0 Å². The van der Waals surface area contributed by atoms with Crippen LogP contribution in [0.3, 0.4) is 0 Å². The summed E-state index contributed by atoms with van der Waals surface area (Å²) in [4.78, 5) is 11.9. The molecule has 18 heavy (non-hydrogen) atoms. The molecule has 1 rings (SSSR count). The van der Waals surface area contributed by atoms with E-state index in [1.165, 1.54) is 6.07 Å². The molecule has 0 heterocycles. The van der Waals surface area contributed by atoms with Gasteiger partial charge in [-0.2, -0.15) is 0 Å². The maximum atomic E-state index is 13.4. The Hall–Kier alpha value is -1.22. The number of carbonyl (C=O) groups excluding carboxylic acids is 1. The number of ketones is 1. The molecule has 0 bridgehead atoms. The first-order chi connectivity index (χ1) is 8.69. The lowest BCUT2D eigenvalue weighted by atomic mass is 9.92. The fourth-order valence-corrected chi connectivity index (χ4v) is 2.23.